The average molecular weight is 570 g/mol. The largest absolute Gasteiger partial charge is 0.444 e. The summed E-state index contributed by atoms with van der Waals surface area (Å²) in [7, 11) is 3.65. The number of hydrogen-bond donors (Lipinski definition) is 0. The number of carbonyl (C=O) groups is 2. The number of likely N-dealkylation sites (N-methyl/N-ethyl adjacent to an activating group) is 1. The number of aromatic nitrogens is 4. The smallest absolute Gasteiger partial charge is 0.410 e. The average Bonchev–Trinajstić information content (AvgIpc) is 3.42. The number of hydrogen-bond acceptors (Lipinski definition) is 6. The maximum Gasteiger partial charge on any atom is 0.410 e. The lowest BCUT2D eigenvalue weighted by molar-refractivity contribution is 0.0278. The Morgan fingerprint density at radius 2 is 1.98 bits per heavy atom. The van der Waals surface area contributed by atoms with Crippen molar-refractivity contribution in [3.05, 3.63) is 58.6 Å². The van der Waals surface area contributed by atoms with Gasteiger partial charge in [0.2, 0.25) is 0 Å². The third-order valence-electron chi connectivity index (χ3n) is 8.08. The summed E-state index contributed by atoms with van der Waals surface area (Å²) in [5.41, 5.74) is 12.5. The Balaban J connectivity index is 1.29. The van der Waals surface area contributed by atoms with Crippen LogP contribution in [0.4, 0.5) is 4.79 Å². The fraction of sp³-hybridized carbons (Fsp3) is 0.467. The molecule has 12 heteroatoms. The van der Waals surface area contributed by atoms with Crippen molar-refractivity contribution in [1.82, 2.24) is 28.9 Å². The van der Waals surface area contributed by atoms with Crippen LogP contribution in [0.25, 0.3) is 44.0 Å². The molecule has 1 aromatic carbocycles. The van der Waals surface area contributed by atoms with Crippen molar-refractivity contribution in [2.24, 2.45) is 18.1 Å². The Morgan fingerprint density at radius 3 is 2.69 bits per heavy atom. The second-order valence-corrected chi connectivity index (χ2v) is 12.3. The molecule has 1 saturated carbocycles. The molecule has 1 aliphatic carbocycles. The SMILES string of the molecule is CN(C(=O)c1ccc2c(c1)nc(-c1cc3cccnc3n1CC1CC1)n2C)[C@H]1CN(C(=O)OC(C)(C)C)CC1N=[N+]=[N-]. The van der Waals surface area contributed by atoms with Crippen molar-refractivity contribution >= 4 is 34.1 Å². The van der Waals surface area contributed by atoms with Gasteiger partial charge < -0.3 is 23.7 Å². The first kappa shape index (κ1) is 27.6. The summed E-state index contributed by atoms with van der Waals surface area (Å²) in [6, 6.07) is 10.6. The van der Waals surface area contributed by atoms with Gasteiger partial charge in [0.1, 0.15) is 11.2 Å². The van der Waals surface area contributed by atoms with E-state index < -0.39 is 23.8 Å². The van der Waals surface area contributed by atoms with Crippen molar-refractivity contribution in [1.29, 1.82) is 0 Å². The highest BCUT2D eigenvalue weighted by molar-refractivity contribution is 5.98. The first-order valence-electron chi connectivity index (χ1n) is 14.2. The molecule has 42 heavy (non-hydrogen) atoms. The van der Waals surface area contributed by atoms with Crippen molar-refractivity contribution in [2.75, 3.05) is 20.1 Å². The third kappa shape index (κ3) is 5.14. The second kappa shape index (κ2) is 10.4. The van der Waals surface area contributed by atoms with Gasteiger partial charge in [-0.15, -0.1) is 0 Å². The maximum absolute atomic E-state index is 13.7. The summed E-state index contributed by atoms with van der Waals surface area (Å²) in [4.78, 5) is 42.1. The van der Waals surface area contributed by atoms with Crippen molar-refractivity contribution in [3.63, 3.8) is 0 Å². The van der Waals surface area contributed by atoms with Gasteiger partial charge in [-0.25, -0.2) is 14.8 Å². The number of nitrogens with zero attached hydrogens (tertiary/aromatic N) is 9. The van der Waals surface area contributed by atoms with E-state index in [1.54, 1.807) is 44.9 Å². The molecule has 0 radical (unpaired) electrons. The quantitative estimate of drug-likeness (QED) is 0.175. The highest BCUT2D eigenvalue weighted by Crippen LogP contribution is 2.36. The molecule has 4 aromatic rings. The predicted molar refractivity (Wildman–Crippen MR) is 159 cm³/mol. The third-order valence-corrected chi connectivity index (χ3v) is 8.08. The van der Waals surface area contributed by atoms with Crippen LogP contribution in [-0.4, -0.2) is 78.7 Å². The molecule has 2 fully saturated rings. The molecule has 2 atom stereocenters. The number of fused-ring (bicyclic) bond motifs is 2. The number of amides is 2. The van der Waals surface area contributed by atoms with Gasteiger partial charge in [0.15, 0.2) is 5.82 Å². The van der Waals surface area contributed by atoms with Crippen molar-refractivity contribution in [3.8, 4) is 11.5 Å². The number of carbonyl (C=O) groups excluding carboxylic acids is 2. The monoisotopic (exact) mass is 569 g/mol. The van der Waals surface area contributed by atoms with Crippen LogP contribution >= 0.6 is 0 Å². The fourth-order valence-corrected chi connectivity index (χ4v) is 5.74. The first-order valence-corrected chi connectivity index (χ1v) is 14.2. The minimum atomic E-state index is -0.662. The predicted octanol–water partition coefficient (Wildman–Crippen LogP) is 5.37. The van der Waals surface area contributed by atoms with Gasteiger partial charge in [0.05, 0.1) is 28.8 Å². The molecule has 218 valence electrons. The molecule has 1 unspecified atom stereocenters. The normalized spacial score (nSPS) is 18.8. The standard InChI is InChI=1S/C30H35N9O3/c1-30(2,3)42-29(41)38-16-22(34-35-31)25(17-38)37(5)28(40)20-10-11-23-21(13-20)33-27(36(23)4)24-14-19-7-6-12-32-26(19)39(24)15-18-8-9-18/h6-7,10-14,18,22,25H,8-9,15-17H2,1-5H3/t22?,25-/m0/s1. The van der Waals surface area contributed by atoms with Gasteiger partial charge in [-0.3, -0.25) is 4.79 Å². The van der Waals surface area contributed by atoms with E-state index in [2.05, 4.69) is 36.3 Å². The Labute approximate surface area is 243 Å². The Morgan fingerprint density at radius 1 is 1.19 bits per heavy atom. The van der Waals surface area contributed by atoms with E-state index in [-0.39, 0.29) is 19.0 Å². The number of pyridine rings is 1. The highest BCUT2D eigenvalue weighted by Gasteiger charge is 2.40. The van der Waals surface area contributed by atoms with Crippen LogP contribution in [0.15, 0.2) is 47.7 Å². The number of rotatable bonds is 6. The second-order valence-electron chi connectivity index (χ2n) is 12.3. The first-order chi connectivity index (χ1) is 20.0. The van der Waals surface area contributed by atoms with Crippen LogP contribution < -0.4 is 0 Å². The zero-order valence-electron chi connectivity index (χ0n) is 24.6. The summed E-state index contributed by atoms with van der Waals surface area (Å²) < 4.78 is 9.82. The molecule has 0 N–H and O–H groups in total. The summed E-state index contributed by atoms with van der Waals surface area (Å²) in [5.74, 6) is 1.23. The molecule has 3 aromatic heterocycles. The van der Waals surface area contributed by atoms with E-state index in [1.165, 1.54) is 17.7 Å². The van der Waals surface area contributed by atoms with E-state index >= 15 is 0 Å². The number of azide groups is 1. The molecule has 1 aliphatic heterocycles. The summed E-state index contributed by atoms with van der Waals surface area (Å²) in [6.45, 7) is 6.66. The van der Waals surface area contributed by atoms with Gasteiger partial charge in [0.25, 0.3) is 5.91 Å². The van der Waals surface area contributed by atoms with E-state index in [1.807, 2.05) is 25.4 Å². The van der Waals surface area contributed by atoms with E-state index in [0.29, 0.717) is 17.0 Å². The molecule has 2 aliphatic rings. The van der Waals surface area contributed by atoms with Crippen LogP contribution in [0.2, 0.25) is 0 Å². The van der Waals surface area contributed by atoms with Gasteiger partial charge in [-0.2, -0.15) is 0 Å². The molecule has 6 rings (SSSR count). The minimum absolute atomic E-state index is 0.174. The number of imidazole rings is 1. The van der Waals surface area contributed by atoms with Crippen molar-refractivity contribution < 1.29 is 14.3 Å². The van der Waals surface area contributed by atoms with Gasteiger partial charge in [-0.05, 0) is 81.5 Å². The zero-order valence-corrected chi connectivity index (χ0v) is 24.6. The fourth-order valence-electron chi connectivity index (χ4n) is 5.74. The lowest BCUT2D eigenvalue weighted by atomic mass is 10.1. The van der Waals surface area contributed by atoms with Crippen LogP contribution in [0.1, 0.15) is 44.0 Å². The number of aryl methyl sites for hydroxylation is 1. The summed E-state index contributed by atoms with van der Waals surface area (Å²) in [5, 5.41) is 4.97. The summed E-state index contributed by atoms with van der Waals surface area (Å²) >= 11 is 0. The Hall–Kier alpha value is -4.57. The molecule has 4 heterocycles. The summed E-state index contributed by atoms with van der Waals surface area (Å²) in [6.07, 6.45) is 3.78. The number of likely N-dealkylation sites (tertiary alicyclic amines) is 1. The lowest BCUT2D eigenvalue weighted by Gasteiger charge is -2.27. The van der Waals surface area contributed by atoms with E-state index in [0.717, 1.165) is 34.6 Å². The molecule has 0 spiro atoms. The van der Waals surface area contributed by atoms with Crippen LogP contribution in [0.5, 0.6) is 0 Å². The lowest BCUT2D eigenvalue weighted by Crippen LogP contribution is -2.44. The number of benzene rings is 1. The Bertz CT molecular complexity index is 1740. The van der Waals surface area contributed by atoms with Crippen LogP contribution in [0, 0.1) is 5.92 Å². The number of ether oxygens (including phenoxy) is 1. The van der Waals surface area contributed by atoms with Gasteiger partial charge in [-0.1, -0.05) is 5.11 Å². The Kier molecular flexibility index (Phi) is 6.81. The molecule has 1 saturated heterocycles. The maximum atomic E-state index is 13.7. The molecule has 2 amide bonds. The molecular weight excluding hydrogens is 534 g/mol. The molecular formula is C30H35N9O3. The molecule has 12 nitrogen and oxygen atoms in total. The van der Waals surface area contributed by atoms with Crippen molar-refractivity contribution in [2.45, 2.75) is 57.8 Å². The highest BCUT2D eigenvalue weighted by atomic mass is 16.6. The minimum Gasteiger partial charge on any atom is -0.444 e. The van der Waals surface area contributed by atoms with Gasteiger partial charge in [0, 0.05) is 55.8 Å². The molecule has 0 bridgehead atoms. The van der Waals surface area contributed by atoms with Crippen LogP contribution in [0.3, 0.4) is 0 Å². The van der Waals surface area contributed by atoms with Crippen LogP contribution in [-0.2, 0) is 18.3 Å². The topological polar surface area (TPSA) is 134 Å². The van der Waals surface area contributed by atoms with Gasteiger partial charge >= 0.3 is 6.09 Å². The van der Waals surface area contributed by atoms with E-state index in [4.69, 9.17) is 15.3 Å². The zero-order chi connectivity index (χ0) is 29.8. The van der Waals surface area contributed by atoms with E-state index in [9.17, 15) is 9.59 Å².